The fourth-order valence-electron chi connectivity index (χ4n) is 0.913. The zero-order valence-electron chi connectivity index (χ0n) is 6.44. The van der Waals surface area contributed by atoms with Gasteiger partial charge in [-0.1, -0.05) is 22.0 Å². The Morgan fingerprint density at radius 2 is 1.93 bits per heavy atom. The maximum atomic E-state index is 12.4. The molecule has 0 heterocycles. The van der Waals surface area contributed by atoms with Crippen molar-refractivity contribution >= 4 is 36.6 Å². The van der Waals surface area contributed by atoms with Gasteiger partial charge in [-0.15, -0.1) is 0 Å². The summed E-state index contributed by atoms with van der Waals surface area (Å²) < 4.78 is 48.0. The maximum Gasteiger partial charge on any atom is 0.418 e. The largest absolute Gasteiger partial charge is 0.418 e. The molecule has 0 saturated carbocycles. The maximum absolute atomic E-state index is 12.4. The topological polar surface area (TPSA) is 17.1 Å². The van der Waals surface area contributed by atoms with Crippen LogP contribution in [0.3, 0.4) is 0 Å². The summed E-state index contributed by atoms with van der Waals surface area (Å²) >= 11 is 2.74. The van der Waals surface area contributed by atoms with Crippen LogP contribution in [-0.4, -0.2) is 4.21 Å². The Morgan fingerprint density at radius 3 is 2.29 bits per heavy atom. The fraction of sp³-hybridized carbons (Fsp3) is 0.143. The molecule has 0 fully saturated rings. The highest BCUT2D eigenvalue weighted by atomic mass is 79.9. The van der Waals surface area contributed by atoms with Crippen LogP contribution in [0.2, 0.25) is 0 Å². The van der Waals surface area contributed by atoms with Crippen LogP contribution >= 0.6 is 26.6 Å². The quantitative estimate of drug-likeness (QED) is 0.723. The van der Waals surface area contributed by atoms with Gasteiger partial charge in [0.1, 0.15) is 10.0 Å². The van der Waals surface area contributed by atoms with Crippen molar-refractivity contribution in [3.8, 4) is 0 Å². The lowest BCUT2D eigenvalue weighted by molar-refractivity contribution is -0.140. The summed E-state index contributed by atoms with van der Waals surface area (Å²) in [6.45, 7) is 0. The Kier molecular flexibility index (Phi) is 3.60. The predicted molar refractivity (Wildman–Crippen MR) is 51.4 cm³/mol. The van der Waals surface area contributed by atoms with E-state index >= 15 is 0 Å². The average Bonchev–Trinajstić information content (AvgIpc) is 2.01. The number of benzene rings is 1. The lowest BCUT2D eigenvalue weighted by atomic mass is 10.2. The van der Waals surface area contributed by atoms with E-state index in [-0.39, 0.29) is 4.47 Å². The van der Waals surface area contributed by atoms with Gasteiger partial charge in [-0.25, -0.2) is 4.21 Å². The molecule has 0 bridgehead atoms. The van der Waals surface area contributed by atoms with Crippen molar-refractivity contribution in [2.75, 3.05) is 0 Å². The zero-order chi connectivity index (χ0) is 10.9. The van der Waals surface area contributed by atoms with E-state index in [1.807, 2.05) is 0 Å². The first-order valence-electron chi connectivity index (χ1n) is 3.28. The summed E-state index contributed by atoms with van der Waals surface area (Å²) in [5.74, 6) is 0. The second-order valence-corrected chi connectivity index (χ2v) is 4.92. The Morgan fingerprint density at radius 1 is 1.36 bits per heavy atom. The van der Waals surface area contributed by atoms with Gasteiger partial charge >= 0.3 is 6.18 Å². The summed E-state index contributed by atoms with van der Waals surface area (Å²) in [4.78, 5) is -0.437. The van der Waals surface area contributed by atoms with Crippen LogP contribution in [0.25, 0.3) is 0 Å². The number of hydrogen-bond acceptors (Lipinski definition) is 1. The molecule has 1 unspecified atom stereocenters. The van der Waals surface area contributed by atoms with Gasteiger partial charge in [-0.3, -0.25) is 0 Å². The van der Waals surface area contributed by atoms with Crippen molar-refractivity contribution in [2.45, 2.75) is 11.1 Å². The second-order valence-electron chi connectivity index (χ2n) is 2.33. The first-order valence-corrected chi connectivity index (χ1v) is 6.04. The molecule has 0 aromatic heterocycles. The molecule has 1 rings (SSSR count). The Hall–Kier alpha value is -0.0700. The Bertz CT molecular complexity index is 380. The Labute approximate surface area is 93.3 Å². The van der Waals surface area contributed by atoms with Gasteiger partial charge in [0.25, 0.3) is 0 Å². The van der Waals surface area contributed by atoms with Crippen LogP contribution in [0.4, 0.5) is 13.2 Å². The molecule has 0 saturated heterocycles. The second kappa shape index (κ2) is 4.20. The molecule has 7 heteroatoms. The molecule has 1 aromatic carbocycles. The molecule has 78 valence electrons. The van der Waals surface area contributed by atoms with E-state index in [1.54, 1.807) is 0 Å². The van der Waals surface area contributed by atoms with Crippen molar-refractivity contribution in [3.05, 3.63) is 28.2 Å². The highest BCUT2D eigenvalue weighted by molar-refractivity contribution is 9.10. The molecule has 0 spiro atoms. The minimum absolute atomic E-state index is 0.170. The van der Waals surface area contributed by atoms with Gasteiger partial charge in [0.15, 0.2) is 0 Å². The molecule has 0 aliphatic rings. The van der Waals surface area contributed by atoms with Crippen LogP contribution in [0.5, 0.6) is 0 Å². The molecule has 1 nitrogen and oxygen atoms in total. The van der Waals surface area contributed by atoms with Gasteiger partial charge in [0.2, 0.25) is 0 Å². The number of halogens is 5. The minimum Gasteiger partial charge on any atom is -0.237 e. The first-order chi connectivity index (χ1) is 6.34. The minimum atomic E-state index is -4.57. The number of hydrogen-bond donors (Lipinski definition) is 0. The van der Waals surface area contributed by atoms with E-state index in [1.165, 1.54) is 12.1 Å². The zero-order valence-corrected chi connectivity index (χ0v) is 9.60. The van der Waals surface area contributed by atoms with E-state index in [2.05, 4.69) is 15.9 Å². The summed E-state index contributed by atoms with van der Waals surface area (Å²) in [7, 11) is 2.96. The van der Waals surface area contributed by atoms with E-state index in [0.29, 0.717) is 0 Å². The number of rotatable bonds is 1. The summed E-state index contributed by atoms with van der Waals surface area (Å²) in [5.41, 5.74) is -0.992. The predicted octanol–water partition coefficient (Wildman–Crippen LogP) is 3.73. The average molecular weight is 308 g/mol. The molecule has 0 aliphatic heterocycles. The lowest BCUT2D eigenvalue weighted by Gasteiger charge is -2.11. The van der Waals surface area contributed by atoms with E-state index < -0.39 is 26.6 Å². The first kappa shape index (κ1) is 12.0. The third-order valence-electron chi connectivity index (χ3n) is 1.43. The monoisotopic (exact) mass is 306 g/mol. The summed E-state index contributed by atoms with van der Waals surface area (Å²) in [6, 6.07) is 3.64. The molecule has 14 heavy (non-hydrogen) atoms. The smallest absolute Gasteiger partial charge is 0.237 e. The van der Waals surface area contributed by atoms with Gasteiger partial charge in [-0.2, -0.15) is 13.2 Å². The van der Waals surface area contributed by atoms with Crippen LogP contribution in [-0.2, 0) is 16.2 Å². The summed E-state index contributed by atoms with van der Waals surface area (Å²) in [6.07, 6.45) is -4.57. The highest BCUT2D eigenvalue weighted by Gasteiger charge is 2.36. The third-order valence-corrected chi connectivity index (χ3v) is 3.28. The van der Waals surface area contributed by atoms with E-state index in [4.69, 9.17) is 10.7 Å². The summed E-state index contributed by atoms with van der Waals surface area (Å²) in [5, 5.41) is 0. The third kappa shape index (κ3) is 2.49. The fourth-order valence-corrected chi connectivity index (χ4v) is 2.59. The molecule has 1 aromatic rings. The van der Waals surface area contributed by atoms with E-state index in [9.17, 15) is 17.4 Å². The van der Waals surface area contributed by atoms with Crippen LogP contribution in [0, 0.1) is 0 Å². The standard InChI is InChI=1S/C7H3BrClF3OS/c8-4-2-1-3-5(14(9)13)6(4)7(10,11)12/h1-3H. The van der Waals surface area contributed by atoms with Gasteiger partial charge in [0.05, 0.1) is 10.5 Å². The SMILES string of the molecule is O=S(Cl)c1cccc(Br)c1C(F)(F)F. The molecular weight excluding hydrogens is 304 g/mol. The van der Waals surface area contributed by atoms with Gasteiger partial charge in [-0.05, 0) is 22.8 Å². The van der Waals surface area contributed by atoms with Crippen molar-refractivity contribution in [1.82, 2.24) is 0 Å². The Balaban J connectivity index is 3.45. The van der Waals surface area contributed by atoms with Crippen molar-refractivity contribution < 1.29 is 17.4 Å². The lowest BCUT2D eigenvalue weighted by Crippen LogP contribution is -2.09. The molecule has 0 amide bonds. The molecular formula is C7H3BrClF3OS. The van der Waals surface area contributed by atoms with Gasteiger partial charge < -0.3 is 0 Å². The number of alkyl halides is 3. The van der Waals surface area contributed by atoms with E-state index in [0.717, 1.165) is 6.07 Å². The molecule has 0 radical (unpaired) electrons. The van der Waals surface area contributed by atoms with Crippen LogP contribution < -0.4 is 0 Å². The highest BCUT2D eigenvalue weighted by Crippen LogP contribution is 2.38. The van der Waals surface area contributed by atoms with Crippen LogP contribution in [0.1, 0.15) is 5.56 Å². The van der Waals surface area contributed by atoms with Crippen molar-refractivity contribution in [2.24, 2.45) is 0 Å². The van der Waals surface area contributed by atoms with Crippen LogP contribution in [0.15, 0.2) is 27.6 Å². The normalized spacial score (nSPS) is 14.1. The van der Waals surface area contributed by atoms with Crippen molar-refractivity contribution in [3.63, 3.8) is 0 Å². The van der Waals surface area contributed by atoms with Crippen molar-refractivity contribution in [1.29, 1.82) is 0 Å². The molecule has 1 atom stereocenters. The molecule has 0 aliphatic carbocycles. The van der Waals surface area contributed by atoms with Gasteiger partial charge in [0, 0.05) is 4.47 Å². The molecule has 0 N–H and O–H groups in total.